The van der Waals surface area contributed by atoms with Crippen molar-refractivity contribution < 1.29 is 18.4 Å². The van der Waals surface area contributed by atoms with Crippen LogP contribution in [0.4, 0.5) is 10.8 Å². The Labute approximate surface area is 141 Å². The fourth-order valence-electron chi connectivity index (χ4n) is 2.55. The van der Waals surface area contributed by atoms with Gasteiger partial charge in [0.05, 0.1) is 6.54 Å². The molecule has 1 unspecified atom stereocenters. The van der Waals surface area contributed by atoms with E-state index in [9.17, 15) is 9.59 Å². The molecule has 10 heteroatoms. The molecule has 0 aliphatic carbocycles. The van der Waals surface area contributed by atoms with Gasteiger partial charge in [0, 0.05) is 12.1 Å². The van der Waals surface area contributed by atoms with E-state index in [-0.39, 0.29) is 0 Å². The molecular formula is C15H14N6O4. The smallest absolute Gasteiger partial charge is 0.322 e. The van der Waals surface area contributed by atoms with Crippen LogP contribution < -0.4 is 16.0 Å². The van der Waals surface area contributed by atoms with E-state index in [1.807, 2.05) is 6.92 Å². The molecule has 0 spiro atoms. The van der Waals surface area contributed by atoms with E-state index >= 15 is 0 Å². The number of amides is 3. The Morgan fingerprint density at radius 1 is 1.28 bits per heavy atom. The fraction of sp³-hybridized carbons (Fsp3) is 0.267. The number of furan rings is 1. The minimum atomic E-state index is -0.824. The quantitative estimate of drug-likeness (QED) is 0.705. The second-order valence-electron chi connectivity index (χ2n) is 5.41. The molecule has 2 aliphatic heterocycles. The van der Waals surface area contributed by atoms with Crippen molar-refractivity contribution in [1.82, 2.24) is 20.8 Å². The van der Waals surface area contributed by atoms with E-state index in [1.165, 1.54) is 0 Å². The van der Waals surface area contributed by atoms with Crippen molar-refractivity contribution >= 4 is 29.7 Å². The minimum Gasteiger partial charge on any atom is -0.459 e. The highest BCUT2D eigenvalue weighted by Gasteiger charge is 2.34. The highest BCUT2D eigenvalue weighted by molar-refractivity contribution is 6.08. The lowest BCUT2D eigenvalue weighted by Gasteiger charge is -2.01. The summed E-state index contributed by atoms with van der Waals surface area (Å²) in [5.74, 6) is 0.793. The van der Waals surface area contributed by atoms with Gasteiger partial charge in [-0.25, -0.2) is 4.79 Å². The van der Waals surface area contributed by atoms with E-state index in [0.29, 0.717) is 42.2 Å². The normalized spacial score (nSPS) is 19.1. The van der Waals surface area contributed by atoms with Gasteiger partial charge in [0.15, 0.2) is 6.04 Å². The number of nitrogens with one attached hydrogen (secondary N) is 3. The fourth-order valence-corrected chi connectivity index (χ4v) is 2.55. The number of anilines is 1. The van der Waals surface area contributed by atoms with Crippen molar-refractivity contribution in [2.45, 2.75) is 19.5 Å². The zero-order valence-electron chi connectivity index (χ0n) is 13.2. The molecule has 0 radical (unpaired) electrons. The summed E-state index contributed by atoms with van der Waals surface area (Å²) in [5.41, 5.74) is 1.33. The zero-order chi connectivity index (χ0) is 17.4. The number of nitrogens with zero attached hydrogens (tertiary/aromatic N) is 3. The maximum Gasteiger partial charge on any atom is 0.322 e. The largest absolute Gasteiger partial charge is 0.459 e. The number of hydrogen-bond acceptors (Lipinski definition) is 8. The molecule has 10 nitrogen and oxygen atoms in total. The van der Waals surface area contributed by atoms with Gasteiger partial charge in [-0.05, 0) is 25.1 Å². The topological polar surface area (TPSA) is 135 Å². The van der Waals surface area contributed by atoms with Gasteiger partial charge < -0.3 is 19.5 Å². The van der Waals surface area contributed by atoms with Crippen molar-refractivity contribution in [2.24, 2.45) is 4.99 Å². The SMILES string of the molecule is CCNc1nnc(C2=NCc3cc(C4NC(=O)NC4=O)oc3C=C2)o1. The van der Waals surface area contributed by atoms with Crippen LogP contribution >= 0.6 is 0 Å². The summed E-state index contributed by atoms with van der Waals surface area (Å²) < 4.78 is 11.2. The molecule has 0 aromatic carbocycles. The molecule has 3 N–H and O–H groups in total. The molecule has 1 fully saturated rings. The summed E-state index contributed by atoms with van der Waals surface area (Å²) >= 11 is 0. The van der Waals surface area contributed by atoms with Crippen LogP contribution in [0.3, 0.4) is 0 Å². The van der Waals surface area contributed by atoms with Gasteiger partial charge in [-0.2, -0.15) is 0 Å². The predicted octanol–water partition coefficient (Wildman–Crippen LogP) is 0.991. The van der Waals surface area contributed by atoms with Crippen LogP contribution in [-0.4, -0.2) is 34.4 Å². The third-order valence-electron chi connectivity index (χ3n) is 3.70. The van der Waals surface area contributed by atoms with E-state index in [4.69, 9.17) is 8.83 Å². The molecule has 2 aliphatic rings. The van der Waals surface area contributed by atoms with Crippen molar-refractivity contribution in [3.63, 3.8) is 0 Å². The van der Waals surface area contributed by atoms with Crippen LogP contribution in [0.1, 0.15) is 35.9 Å². The Bertz CT molecular complexity index is 909. The van der Waals surface area contributed by atoms with Crippen LogP contribution in [0.15, 0.2) is 26.0 Å². The number of carbonyl (C=O) groups is 2. The maximum atomic E-state index is 11.7. The molecular weight excluding hydrogens is 328 g/mol. The zero-order valence-corrected chi connectivity index (χ0v) is 13.2. The van der Waals surface area contributed by atoms with E-state index < -0.39 is 18.0 Å². The number of allylic oxidation sites excluding steroid dienone is 1. The van der Waals surface area contributed by atoms with Crippen molar-refractivity contribution in [1.29, 1.82) is 0 Å². The molecule has 2 aromatic heterocycles. The van der Waals surface area contributed by atoms with E-state index in [1.54, 1.807) is 18.2 Å². The van der Waals surface area contributed by atoms with E-state index in [2.05, 4.69) is 31.1 Å². The first-order chi connectivity index (χ1) is 12.1. The first-order valence-electron chi connectivity index (χ1n) is 7.68. The number of fused-ring (bicyclic) bond motifs is 1. The number of rotatable bonds is 4. The second-order valence-corrected chi connectivity index (χ2v) is 5.41. The first-order valence-corrected chi connectivity index (χ1v) is 7.68. The van der Waals surface area contributed by atoms with Gasteiger partial charge in [-0.1, -0.05) is 5.10 Å². The second kappa shape index (κ2) is 5.89. The van der Waals surface area contributed by atoms with Gasteiger partial charge in [-0.15, -0.1) is 5.10 Å². The third-order valence-corrected chi connectivity index (χ3v) is 3.70. The molecule has 0 saturated carbocycles. The summed E-state index contributed by atoms with van der Waals surface area (Å²) in [6.07, 6.45) is 3.42. The summed E-state index contributed by atoms with van der Waals surface area (Å²) in [7, 11) is 0. The standard InChI is InChI=1S/C15H14N6O4/c1-2-16-15-21-20-13(25-15)8-3-4-9-7(6-17-8)5-10(24-9)11-12(22)19-14(23)18-11/h3-5,11H,2,6H2,1H3,(H,16,21)(H2,18,19,22,23). The number of hydrogen-bond donors (Lipinski definition) is 3. The van der Waals surface area contributed by atoms with Gasteiger partial charge in [0.25, 0.3) is 11.8 Å². The van der Waals surface area contributed by atoms with E-state index in [0.717, 1.165) is 5.56 Å². The molecule has 3 amide bonds. The van der Waals surface area contributed by atoms with Gasteiger partial charge in [-0.3, -0.25) is 15.1 Å². The Balaban J connectivity index is 1.56. The Kier molecular flexibility index (Phi) is 3.56. The van der Waals surface area contributed by atoms with Gasteiger partial charge in [0.2, 0.25) is 0 Å². The number of aromatic nitrogens is 2. The summed E-state index contributed by atoms with van der Waals surface area (Å²) in [4.78, 5) is 27.4. The summed E-state index contributed by atoms with van der Waals surface area (Å²) in [5, 5.41) is 15.4. The molecule has 1 saturated heterocycles. The van der Waals surface area contributed by atoms with Gasteiger partial charge in [0.1, 0.15) is 17.2 Å². The highest BCUT2D eigenvalue weighted by Crippen LogP contribution is 2.27. The van der Waals surface area contributed by atoms with Crippen molar-refractivity contribution in [2.75, 3.05) is 11.9 Å². The molecule has 4 heterocycles. The molecule has 0 bridgehead atoms. The number of aliphatic imine (C=N–C) groups is 1. The van der Waals surface area contributed by atoms with Crippen molar-refractivity contribution in [3.05, 3.63) is 35.1 Å². The lowest BCUT2D eigenvalue weighted by atomic mass is 10.2. The van der Waals surface area contributed by atoms with Crippen LogP contribution in [0.25, 0.3) is 6.08 Å². The Morgan fingerprint density at radius 2 is 2.16 bits per heavy atom. The highest BCUT2D eigenvalue weighted by atomic mass is 16.4. The molecule has 128 valence electrons. The molecule has 4 rings (SSSR count). The summed E-state index contributed by atoms with van der Waals surface area (Å²) in [6, 6.07) is 0.680. The lowest BCUT2D eigenvalue weighted by Crippen LogP contribution is -2.22. The molecule has 2 aromatic rings. The minimum absolute atomic E-state index is 0.306. The number of carbonyl (C=O) groups excluding carboxylic acids is 2. The first kappa shape index (κ1) is 15.1. The molecule has 25 heavy (non-hydrogen) atoms. The van der Waals surface area contributed by atoms with Crippen LogP contribution in [-0.2, 0) is 11.3 Å². The number of imide groups is 1. The average Bonchev–Trinajstić information content (AvgIpc) is 3.25. The van der Waals surface area contributed by atoms with Crippen molar-refractivity contribution in [3.8, 4) is 0 Å². The van der Waals surface area contributed by atoms with Crippen LogP contribution in [0.5, 0.6) is 0 Å². The lowest BCUT2D eigenvalue weighted by molar-refractivity contribution is -0.120. The predicted molar refractivity (Wildman–Crippen MR) is 85.9 cm³/mol. The molecule has 1 atom stereocenters. The monoisotopic (exact) mass is 342 g/mol. The van der Waals surface area contributed by atoms with Crippen LogP contribution in [0.2, 0.25) is 0 Å². The maximum absolute atomic E-state index is 11.7. The average molecular weight is 342 g/mol. The summed E-state index contributed by atoms with van der Waals surface area (Å²) in [6.45, 7) is 2.92. The Hall–Kier alpha value is -3.43. The van der Waals surface area contributed by atoms with Crippen LogP contribution in [0, 0.1) is 0 Å². The number of urea groups is 1. The third kappa shape index (κ3) is 2.77. The van der Waals surface area contributed by atoms with Gasteiger partial charge >= 0.3 is 12.0 Å². The Morgan fingerprint density at radius 3 is 2.92 bits per heavy atom.